The van der Waals surface area contributed by atoms with Crippen LogP contribution >= 0.6 is 0 Å². The van der Waals surface area contributed by atoms with E-state index < -0.39 is 10.0 Å². The molecule has 0 heterocycles. The third-order valence-corrected chi connectivity index (χ3v) is 3.59. The van der Waals surface area contributed by atoms with Gasteiger partial charge in [-0.05, 0) is 25.7 Å². The zero-order valence-electron chi connectivity index (χ0n) is 9.15. The lowest BCUT2D eigenvalue weighted by atomic mass is 9.98. The summed E-state index contributed by atoms with van der Waals surface area (Å²) in [6.07, 6.45) is 7.98. The first-order valence-electron chi connectivity index (χ1n) is 5.70. The maximum atomic E-state index is 10.6. The number of ether oxygens (including phenoxy) is 1. The Morgan fingerprint density at radius 1 is 1.13 bits per heavy atom. The van der Waals surface area contributed by atoms with Crippen LogP contribution in [-0.2, 0) is 14.8 Å². The van der Waals surface area contributed by atoms with Gasteiger partial charge in [-0.15, -0.1) is 0 Å². The molecule has 0 bridgehead atoms. The van der Waals surface area contributed by atoms with Crippen LogP contribution in [0.4, 0.5) is 0 Å². The zero-order chi connectivity index (χ0) is 11.1. The van der Waals surface area contributed by atoms with Crippen molar-refractivity contribution in [2.45, 2.75) is 51.0 Å². The van der Waals surface area contributed by atoms with E-state index in [2.05, 4.69) is 0 Å². The van der Waals surface area contributed by atoms with Crippen molar-refractivity contribution >= 4 is 10.0 Å². The molecular formula is C10H21NO3S. The predicted octanol–water partition coefficient (Wildman–Crippen LogP) is 1.40. The van der Waals surface area contributed by atoms with Crippen LogP contribution in [-0.4, -0.2) is 26.9 Å². The van der Waals surface area contributed by atoms with E-state index in [1.807, 2.05) is 0 Å². The summed E-state index contributed by atoms with van der Waals surface area (Å²) < 4.78 is 26.9. The van der Waals surface area contributed by atoms with Crippen molar-refractivity contribution < 1.29 is 13.2 Å². The van der Waals surface area contributed by atoms with Crippen molar-refractivity contribution in [3.63, 3.8) is 0 Å². The molecule has 0 saturated heterocycles. The number of unbranched alkanes of at least 4 members (excludes halogenated alkanes) is 1. The van der Waals surface area contributed by atoms with Crippen molar-refractivity contribution in [2.24, 2.45) is 5.14 Å². The highest BCUT2D eigenvalue weighted by molar-refractivity contribution is 7.89. The highest BCUT2D eigenvalue weighted by Crippen LogP contribution is 2.20. The van der Waals surface area contributed by atoms with Crippen molar-refractivity contribution in [3.8, 4) is 0 Å². The molecule has 1 fully saturated rings. The fourth-order valence-electron chi connectivity index (χ4n) is 1.89. The van der Waals surface area contributed by atoms with Crippen LogP contribution in [0.3, 0.4) is 0 Å². The van der Waals surface area contributed by atoms with Crippen LogP contribution < -0.4 is 5.14 Å². The Morgan fingerprint density at radius 3 is 2.40 bits per heavy atom. The van der Waals surface area contributed by atoms with Crippen LogP contribution in [0.25, 0.3) is 0 Å². The molecule has 90 valence electrons. The minimum atomic E-state index is -3.29. The van der Waals surface area contributed by atoms with Gasteiger partial charge >= 0.3 is 0 Å². The number of hydrogen-bond acceptors (Lipinski definition) is 3. The topological polar surface area (TPSA) is 69.4 Å². The second kappa shape index (κ2) is 6.45. The van der Waals surface area contributed by atoms with Crippen molar-refractivity contribution in [1.29, 1.82) is 0 Å². The summed E-state index contributed by atoms with van der Waals surface area (Å²) in [5, 5.41) is 4.89. The predicted molar refractivity (Wildman–Crippen MR) is 60.0 cm³/mol. The lowest BCUT2D eigenvalue weighted by molar-refractivity contribution is 0.0270. The van der Waals surface area contributed by atoms with Gasteiger partial charge in [0.25, 0.3) is 0 Å². The van der Waals surface area contributed by atoms with Crippen molar-refractivity contribution in [3.05, 3.63) is 0 Å². The standard InChI is InChI=1S/C10H21NO3S/c11-15(12,13)9-5-4-8-14-10-6-2-1-3-7-10/h10H,1-9H2,(H2,11,12,13). The molecule has 5 heteroatoms. The van der Waals surface area contributed by atoms with Gasteiger partial charge in [0.1, 0.15) is 0 Å². The Kier molecular flexibility index (Phi) is 5.56. The summed E-state index contributed by atoms with van der Waals surface area (Å²) in [4.78, 5) is 0. The molecule has 0 atom stereocenters. The lowest BCUT2D eigenvalue weighted by Crippen LogP contribution is -2.19. The summed E-state index contributed by atoms with van der Waals surface area (Å²) >= 11 is 0. The Bertz CT molecular complexity index is 258. The Hall–Kier alpha value is -0.130. The number of nitrogens with two attached hydrogens (primary N) is 1. The van der Waals surface area contributed by atoms with Gasteiger partial charge in [0.2, 0.25) is 10.0 Å². The lowest BCUT2D eigenvalue weighted by Gasteiger charge is -2.21. The van der Waals surface area contributed by atoms with Gasteiger partial charge in [0, 0.05) is 6.61 Å². The van der Waals surface area contributed by atoms with Crippen LogP contribution in [0.2, 0.25) is 0 Å². The minimum absolute atomic E-state index is 0.0705. The molecule has 0 unspecified atom stereocenters. The fraction of sp³-hybridized carbons (Fsp3) is 1.00. The molecule has 15 heavy (non-hydrogen) atoms. The summed E-state index contributed by atoms with van der Waals surface area (Å²) in [7, 11) is -3.29. The van der Waals surface area contributed by atoms with Crippen LogP contribution in [0, 0.1) is 0 Å². The largest absolute Gasteiger partial charge is 0.378 e. The van der Waals surface area contributed by atoms with Crippen LogP contribution in [0.5, 0.6) is 0 Å². The Balaban J connectivity index is 1.96. The highest BCUT2D eigenvalue weighted by Gasteiger charge is 2.13. The molecule has 0 aromatic rings. The number of sulfonamides is 1. The third kappa shape index (κ3) is 6.87. The molecule has 1 aliphatic rings. The molecule has 4 nitrogen and oxygen atoms in total. The van der Waals surface area contributed by atoms with E-state index in [1.54, 1.807) is 0 Å². The first-order valence-corrected chi connectivity index (χ1v) is 7.41. The van der Waals surface area contributed by atoms with E-state index in [-0.39, 0.29) is 5.75 Å². The maximum absolute atomic E-state index is 10.6. The fourth-order valence-corrected chi connectivity index (χ4v) is 2.49. The van der Waals surface area contributed by atoms with E-state index >= 15 is 0 Å². The summed E-state index contributed by atoms with van der Waals surface area (Å²) in [5.74, 6) is 0.0705. The first kappa shape index (κ1) is 12.9. The molecule has 0 spiro atoms. The molecule has 0 aliphatic heterocycles. The summed E-state index contributed by atoms with van der Waals surface area (Å²) in [5.41, 5.74) is 0. The van der Waals surface area contributed by atoms with Gasteiger partial charge in [0.15, 0.2) is 0 Å². The van der Waals surface area contributed by atoms with Gasteiger partial charge in [-0.25, -0.2) is 13.6 Å². The number of primary sulfonamides is 1. The second-order valence-electron chi connectivity index (χ2n) is 4.20. The molecule has 1 aliphatic carbocycles. The van der Waals surface area contributed by atoms with E-state index in [0.717, 1.165) is 19.3 Å². The van der Waals surface area contributed by atoms with Crippen molar-refractivity contribution in [1.82, 2.24) is 0 Å². The number of hydrogen-bond donors (Lipinski definition) is 1. The Labute approximate surface area is 92.2 Å². The normalized spacial score (nSPS) is 19.3. The molecule has 0 radical (unpaired) electrons. The van der Waals surface area contributed by atoms with E-state index in [9.17, 15) is 8.42 Å². The van der Waals surface area contributed by atoms with Gasteiger partial charge in [-0.1, -0.05) is 19.3 Å². The molecule has 1 saturated carbocycles. The summed E-state index contributed by atoms with van der Waals surface area (Å²) in [6, 6.07) is 0. The quantitative estimate of drug-likeness (QED) is 0.708. The van der Waals surface area contributed by atoms with E-state index in [1.165, 1.54) is 19.3 Å². The molecule has 1 rings (SSSR count). The SMILES string of the molecule is NS(=O)(=O)CCCCOC1CCCCC1. The Morgan fingerprint density at radius 2 is 1.80 bits per heavy atom. The molecular weight excluding hydrogens is 214 g/mol. The van der Waals surface area contributed by atoms with E-state index in [4.69, 9.17) is 9.88 Å². The van der Waals surface area contributed by atoms with Gasteiger partial charge in [0.05, 0.1) is 11.9 Å². The van der Waals surface area contributed by atoms with Crippen molar-refractivity contribution in [2.75, 3.05) is 12.4 Å². The van der Waals surface area contributed by atoms with Gasteiger partial charge in [-0.2, -0.15) is 0 Å². The van der Waals surface area contributed by atoms with Gasteiger partial charge in [-0.3, -0.25) is 0 Å². The average molecular weight is 235 g/mol. The monoisotopic (exact) mass is 235 g/mol. The minimum Gasteiger partial charge on any atom is -0.378 e. The van der Waals surface area contributed by atoms with E-state index in [0.29, 0.717) is 19.1 Å². The number of rotatable bonds is 6. The second-order valence-corrected chi connectivity index (χ2v) is 5.94. The summed E-state index contributed by atoms with van der Waals surface area (Å²) in [6.45, 7) is 0.667. The average Bonchev–Trinajstić information content (AvgIpc) is 2.17. The first-order chi connectivity index (χ1) is 7.08. The van der Waals surface area contributed by atoms with Gasteiger partial charge < -0.3 is 4.74 Å². The molecule has 0 aromatic heterocycles. The molecule has 0 aromatic carbocycles. The van der Waals surface area contributed by atoms with Crippen LogP contribution in [0.1, 0.15) is 44.9 Å². The highest BCUT2D eigenvalue weighted by atomic mass is 32.2. The third-order valence-electron chi connectivity index (χ3n) is 2.73. The smallest absolute Gasteiger partial charge is 0.209 e. The molecule has 2 N–H and O–H groups in total. The van der Waals surface area contributed by atoms with Crippen LogP contribution in [0.15, 0.2) is 0 Å². The maximum Gasteiger partial charge on any atom is 0.209 e. The molecule has 0 amide bonds. The zero-order valence-corrected chi connectivity index (χ0v) is 9.97.